The van der Waals surface area contributed by atoms with Gasteiger partial charge in [-0.2, -0.15) is 0 Å². The number of hydrogen-bond acceptors (Lipinski definition) is 6. The van der Waals surface area contributed by atoms with E-state index in [1.807, 2.05) is 13.8 Å². The number of morpholine rings is 1. The Hall–Kier alpha value is -3.06. The molecule has 2 heterocycles. The van der Waals surface area contributed by atoms with Crippen molar-refractivity contribution in [1.29, 1.82) is 0 Å². The zero-order chi connectivity index (χ0) is 28.9. The van der Waals surface area contributed by atoms with Gasteiger partial charge in [0, 0.05) is 70.0 Å². The summed E-state index contributed by atoms with van der Waals surface area (Å²) in [6.45, 7) is 12.0. The summed E-state index contributed by atoms with van der Waals surface area (Å²) in [7, 11) is 2.14. The third-order valence-electron chi connectivity index (χ3n) is 8.91. The lowest BCUT2D eigenvalue weighted by molar-refractivity contribution is -0.115. The number of hydrogen-bond donors (Lipinski definition) is 0. The van der Waals surface area contributed by atoms with E-state index in [4.69, 9.17) is 9.47 Å². The highest BCUT2D eigenvalue weighted by Gasteiger charge is 2.24. The number of ketones is 2. The minimum Gasteiger partial charge on any atom is -0.381 e. The van der Waals surface area contributed by atoms with Crippen LogP contribution in [0, 0.1) is 6.92 Å². The van der Waals surface area contributed by atoms with Gasteiger partial charge in [-0.15, -0.1) is 0 Å². The molecule has 3 aliphatic rings. The maximum Gasteiger partial charge on any atom is 0.163 e. The summed E-state index contributed by atoms with van der Waals surface area (Å²) in [6, 6.07) is 13.4. The molecular formula is C35H44N2O4. The Labute approximate surface area is 245 Å². The Balaban J connectivity index is 1.43. The zero-order valence-electron chi connectivity index (χ0n) is 25.1. The molecule has 2 aromatic rings. The van der Waals surface area contributed by atoms with Crippen LogP contribution in [0.2, 0.25) is 0 Å². The average molecular weight is 557 g/mol. The molecule has 0 amide bonds. The lowest BCUT2D eigenvalue weighted by Crippen LogP contribution is -2.37. The maximum absolute atomic E-state index is 13.8. The minimum atomic E-state index is 0.0919. The molecule has 2 aliphatic heterocycles. The maximum atomic E-state index is 13.8. The molecule has 0 unspecified atom stereocenters. The Kier molecular flexibility index (Phi) is 9.53. The van der Waals surface area contributed by atoms with Crippen molar-refractivity contribution < 1.29 is 19.1 Å². The summed E-state index contributed by atoms with van der Waals surface area (Å²) < 4.78 is 11.1. The normalized spacial score (nSPS) is 18.9. The molecule has 0 atom stereocenters. The second kappa shape index (κ2) is 13.3. The number of carbonyl (C=O) groups excluding carboxylic acids is 2. The highest BCUT2D eigenvalue weighted by atomic mass is 16.5. The monoisotopic (exact) mass is 556 g/mol. The van der Waals surface area contributed by atoms with Gasteiger partial charge < -0.3 is 14.4 Å². The van der Waals surface area contributed by atoms with Crippen LogP contribution in [-0.2, 0) is 20.8 Å². The van der Waals surface area contributed by atoms with Crippen LogP contribution in [-0.4, -0.2) is 69.1 Å². The lowest BCUT2D eigenvalue weighted by atomic mass is 9.87. The molecule has 6 nitrogen and oxygen atoms in total. The van der Waals surface area contributed by atoms with E-state index in [-0.39, 0.29) is 11.6 Å². The number of rotatable bonds is 9. The molecule has 0 aromatic heterocycles. The summed E-state index contributed by atoms with van der Waals surface area (Å²) in [5.41, 5.74) is 9.17. The number of nitrogens with zero attached hydrogens (tertiary/aromatic N) is 2. The molecule has 41 heavy (non-hydrogen) atoms. The number of carbonyl (C=O) groups is 2. The number of benzene rings is 2. The number of anilines is 1. The van der Waals surface area contributed by atoms with E-state index in [2.05, 4.69) is 66.2 Å². The summed E-state index contributed by atoms with van der Waals surface area (Å²) in [4.78, 5) is 31.3. The van der Waals surface area contributed by atoms with Crippen molar-refractivity contribution in [3.05, 3.63) is 75.9 Å². The highest BCUT2D eigenvalue weighted by Crippen LogP contribution is 2.34. The van der Waals surface area contributed by atoms with E-state index in [1.54, 1.807) is 0 Å². The van der Waals surface area contributed by atoms with Gasteiger partial charge in [-0.1, -0.05) is 35.9 Å². The van der Waals surface area contributed by atoms with Crippen LogP contribution in [0.3, 0.4) is 0 Å². The van der Waals surface area contributed by atoms with E-state index >= 15 is 0 Å². The molecular weight excluding hydrogens is 512 g/mol. The van der Waals surface area contributed by atoms with Crippen LogP contribution < -0.4 is 4.90 Å². The number of Topliss-reactive ketones (excluding diaryl/α,β-unsaturated/α-hetero) is 2. The van der Waals surface area contributed by atoms with Gasteiger partial charge >= 0.3 is 0 Å². The summed E-state index contributed by atoms with van der Waals surface area (Å²) in [5.74, 6) is 0.243. The Morgan fingerprint density at radius 3 is 2.32 bits per heavy atom. The van der Waals surface area contributed by atoms with E-state index in [0.717, 1.165) is 104 Å². The van der Waals surface area contributed by atoms with E-state index in [0.29, 0.717) is 25.3 Å². The van der Waals surface area contributed by atoms with Gasteiger partial charge in [0.15, 0.2) is 11.6 Å². The smallest absolute Gasteiger partial charge is 0.163 e. The van der Waals surface area contributed by atoms with Gasteiger partial charge in [0.1, 0.15) is 0 Å². The minimum absolute atomic E-state index is 0.0919. The molecule has 0 N–H and O–H groups in total. The molecule has 0 radical (unpaired) electrons. The molecule has 2 aromatic carbocycles. The third-order valence-corrected chi connectivity index (χ3v) is 8.91. The molecule has 5 rings (SSSR count). The van der Waals surface area contributed by atoms with Crippen molar-refractivity contribution in [2.45, 2.75) is 65.5 Å². The van der Waals surface area contributed by atoms with E-state index < -0.39 is 0 Å². The topological polar surface area (TPSA) is 59.1 Å². The van der Waals surface area contributed by atoms with Gasteiger partial charge in [-0.3, -0.25) is 14.5 Å². The zero-order valence-corrected chi connectivity index (χ0v) is 25.1. The fraction of sp³-hybridized carbons (Fsp3) is 0.486. The fourth-order valence-corrected chi connectivity index (χ4v) is 6.41. The second-order valence-corrected chi connectivity index (χ2v) is 11.9. The van der Waals surface area contributed by atoms with Gasteiger partial charge in [0.2, 0.25) is 0 Å². The van der Waals surface area contributed by atoms with Gasteiger partial charge in [0.05, 0.1) is 13.2 Å². The Morgan fingerprint density at radius 2 is 1.63 bits per heavy atom. The van der Waals surface area contributed by atoms with E-state index in [9.17, 15) is 9.59 Å². The molecule has 2 saturated heterocycles. The predicted molar refractivity (Wildman–Crippen MR) is 165 cm³/mol. The van der Waals surface area contributed by atoms with Crippen molar-refractivity contribution in [3.8, 4) is 11.1 Å². The van der Waals surface area contributed by atoms with Gasteiger partial charge in [-0.05, 0) is 85.6 Å². The molecule has 2 fully saturated rings. The average Bonchev–Trinajstić information content (AvgIpc) is 2.97. The van der Waals surface area contributed by atoms with E-state index in [1.165, 1.54) is 5.56 Å². The van der Waals surface area contributed by atoms with Crippen LogP contribution >= 0.6 is 0 Å². The molecule has 1 aliphatic carbocycles. The molecule has 0 saturated carbocycles. The van der Waals surface area contributed by atoms with Crippen molar-refractivity contribution in [1.82, 2.24) is 4.90 Å². The highest BCUT2D eigenvalue weighted by molar-refractivity contribution is 6.03. The number of allylic oxidation sites excluding steroid dienone is 4. The largest absolute Gasteiger partial charge is 0.381 e. The fourth-order valence-electron chi connectivity index (χ4n) is 6.41. The summed E-state index contributed by atoms with van der Waals surface area (Å²) >= 11 is 0. The second-order valence-electron chi connectivity index (χ2n) is 11.9. The Bertz CT molecular complexity index is 1330. The van der Waals surface area contributed by atoms with Crippen molar-refractivity contribution >= 4 is 17.3 Å². The quantitative estimate of drug-likeness (QED) is 0.338. The third kappa shape index (κ3) is 7.06. The first-order valence-electron chi connectivity index (χ1n) is 15.1. The Morgan fingerprint density at radius 1 is 0.951 bits per heavy atom. The number of ether oxygens (including phenoxy) is 2. The van der Waals surface area contributed by atoms with Crippen molar-refractivity contribution in [3.63, 3.8) is 0 Å². The SMILES string of the molecule is CC1=CC(C)=C(CCC(=O)c2cc(-c3ccc(CN4CCOCC4)cc3)cc(N(C)C3CCOCC3)c2C)C(=O)C1. The predicted octanol–water partition coefficient (Wildman–Crippen LogP) is 6.31. The molecule has 0 bridgehead atoms. The first-order chi connectivity index (χ1) is 19.8. The first kappa shape index (κ1) is 29.4. The van der Waals surface area contributed by atoms with Crippen LogP contribution in [0.25, 0.3) is 11.1 Å². The van der Waals surface area contributed by atoms with Gasteiger partial charge in [-0.25, -0.2) is 0 Å². The molecule has 6 heteroatoms. The summed E-state index contributed by atoms with van der Waals surface area (Å²) in [6.07, 6.45) is 5.30. The van der Waals surface area contributed by atoms with Gasteiger partial charge in [0.25, 0.3) is 0 Å². The van der Waals surface area contributed by atoms with Crippen LogP contribution in [0.4, 0.5) is 5.69 Å². The van der Waals surface area contributed by atoms with Crippen LogP contribution in [0.15, 0.2) is 59.2 Å². The van der Waals surface area contributed by atoms with Crippen molar-refractivity contribution in [2.24, 2.45) is 0 Å². The summed E-state index contributed by atoms with van der Waals surface area (Å²) in [5, 5.41) is 0. The van der Waals surface area contributed by atoms with Crippen LogP contribution in [0.1, 0.15) is 67.4 Å². The first-order valence-corrected chi connectivity index (χ1v) is 15.1. The molecule has 218 valence electrons. The lowest BCUT2D eigenvalue weighted by Gasteiger charge is -2.34. The van der Waals surface area contributed by atoms with Crippen LogP contribution in [0.5, 0.6) is 0 Å². The van der Waals surface area contributed by atoms with Crippen molar-refractivity contribution in [2.75, 3.05) is 51.5 Å². The molecule has 0 spiro atoms. The standard InChI is InChI=1S/C35H44N2O4/c1-24-19-25(2)31(35(39)20-24)9-10-34(38)32-21-29(22-33(26(32)3)36(4)30-11-15-40-16-12-30)28-7-5-27(6-8-28)23-37-13-17-41-18-14-37/h5-8,19,21-22,30H,9-18,20,23H2,1-4H3.